The summed E-state index contributed by atoms with van der Waals surface area (Å²) in [6.07, 6.45) is 0.529. The molecule has 2 rings (SSSR count). The summed E-state index contributed by atoms with van der Waals surface area (Å²) in [7, 11) is -1.67. The van der Waals surface area contributed by atoms with Crippen molar-refractivity contribution in [1.29, 1.82) is 0 Å². The van der Waals surface area contributed by atoms with Crippen molar-refractivity contribution in [2.75, 3.05) is 69.2 Å². The van der Waals surface area contributed by atoms with Crippen LogP contribution in [0.3, 0.4) is 0 Å². The zero-order chi connectivity index (χ0) is 23.8. The van der Waals surface area contributed by atoms with Gasteiger partial charge < -0.3 is 19.5 Å². The minimum absolute atomic E-state index is 0.0839. The Balaban J connectivity index is 1.78. The van der Waals surface area contributed by atoms with E-state index in [1.807, 2.05) is 12.1 Å². The molecule has 0 unspecified atom stereocenters. The lowest BCUT2D eigenvalue weighted by Gasteiger charge is -2.39. The molecule has 1 N–H and O–H groups in total. The van der Waals surface area contributed by atoms with Crippen LogP contribution >= 0.6 is 0 Å². The van der Waals surface area contributed by atoms with Crippen LogP contribution < -0.4 is 10.2 Å². The van der Waals surface area contributed by atoms with Crippen LogP contribution in [0.4, 0.5) is 11.4 Å². The Bertz CT molecular complexity index is 708. The fourth-order valence-corrected chi connectivity index (χ4v) is 4.71. The van der Waals surface area contributed by atoms with Crippen molar-refractivity contribution < 1.29 is 9.22 Å². The predicted molar refractivity (Wildman–Crippen MR) is 139 cm³/mol. The molecular formula is C25H46N4O2Si. The minimum atomic E-state index is -1.67. The van der Waals surface area contributed by atoms with Gasteiger partial charge in [0.25, 0.3) is 0 Å². The molecule has 1 fully saturated rings. The van der Waals surface area contributed by atoms with Crippen molar-refractivity contribution in [2.45, 2.75) is 59.2 Å². The van der Waals surface area contributed by atoms with Gasteiger partial charge in [0.1, 0.15) is 0 Å². The minimum Gasteiger partial charge on any atom is -0.416 e. The first-order valence-electron chi connectivity index (χ1n) is 12.3. The lowest BCUT2D eigenvalue weighted by molar-refractivity contribution is -0.116. The van der Waals surface area contributed by atoms with Crippen molar-refractivity contribution in [3.63, 3.8) is 0 Å². The van der Waals surface area contributed by atoms with Crippen molar-refractivity contribution >= 4 is 25.6 Å². The predicted octanol–water partition coefficient (Wildman–Crippen LogP) is 4.50. The smallest absolute Gasteiger partial charge is 0.225 e. The van der Waals surface area contributed by atoms with Gasteiger partial charge in [-0.15, -0.1) is 0 Å². The van der Waals surface area contributed by atoms with Gasteiger partial charge in [-0.3, -0.25) is 9.69 Å². The van der Waals surface area contributed by atoms with Crippen LogP contribution in [0.1, 0.15) is 41.0 Å². The number of rotatable bonds is 11. The number of hydrogen-bond acceptors (Lipinski definition) is 5. The van der Waals surface area contributed by atoms with E-state index in [0.29, 0.717) is 6.42 Å². The third-order valence-electron chi connectivity index (χ3n) is 7.09. The van der Waals surface area contributed by atoms with Crippen LogP contribution in [0.5, 0.6) is 0 Å². The Morgan fingerprint density at radius 3 is 2.38 bits per heavy atom. The molecule has 0 spiro atoms. The molecule has 7 heteroatoms. The topological polar surface area (TPSA) is 48.1 Å². The standard InChI is InChI=1S/C25H46N4O2Si/c1-8-27(9-2)14-13-24(30)26-22-11-10-12-23(21-22)29-17-15-28(16-18-29)19-20-31-32(6,7)25(3,4)5/h10-12,21H,8-9,13-20H2,1-7H3,(H,26,30). The molecule has 1 aromatic carbocycles. The zero-order valence-corrected chi connectivity index (χ0v) is 22.5. The molecule has 6 nitrogen and oxygen atoms in total. The number of hydrogen-bond donors (Lipinski definition) is 1. The van der Waals surface area contributed by atoms with Crippen LogP contribution in [0.25, 0.3) is 0 Å². The van der Waals surface area contributed by atoms with Crippen LogP contribution in [0.15, 0.2) is 24.3 Å². The summed E-state index contributed by atoms with van der Waals surface area (Å²) >= 11 is 0. The van der Waals surface area contributed by atoms with E-state index in [1.165, 1.54) is 5.69 Å². The lowest BCUT2D eigenvalue weighted by Crippen LogP contribution is -2.48. The molecule has 0 aliphatic carbocycles. The van der Waals surface area contributed by atoms with Gasteiger partial charge in [-0.1, -0.05) is 40.7 Å². The molecule has 1 aliphatic heterocycles. The Morgan fingerprint density at radius 1 is 1.12 bits per heavy atom. The van der Waals surface area contributed by atoms with Crippen molar-refractivity contribution in [3.8, 4) is 0 Å². The first-order chi connectivity index (χ1) is 15.1. The number of anilines is 2. The Hall–Kier alpha value is -1.41. The SMILES string of the molecule is CCN(CC)CCC(=O)Nc1cccc(N2CCN(CCO[Si](C)(C)C(C)(C)C)CC2)c1. The van der Waals surface area contributed by atoms with Crippen molar-refractivity contribution in [3.05, 3.63) is 24.3 Å². The van der Waals surface area contributed by atoms with E-state index in [-0.39, 0.29) is 10.9 Å². The highest BCUT2D eigenvalue weighted by Crippen LogP contribution is 2.36. The normalized spacial score (nSPS) is 15.9. The first kappa shape index (κ1) is 26.8. The largest absolute Gasteiger partial charge is 0.416 e. The first-order valence-corrected chi connectivity index (χ1v) is 15.2. The van der Waals surface area contributed by atoms with Crippen LogP contribution in [-0.4, -0.2) is 83.0 Å². The summed E-state index contributed by atoms with van der Waals surface area (Å²) in [5.74, 6) is 0.0839. The van der Waals surface area contributed by atoms with Gasteiger partial charge in [0.2, 0.25) is 5.91 Å². The molecule has 0 saturated carbocycles. The van der Waals surface area contributed by atoms with Gasteiger partial charge in [-0.05, 0) is 49.4 Å². The number of carbonyl (C=O) groups is 1. The molecule has 1 saturated heterocycles. The summed E-state index contributed by atoms with van der Waals surface area (Å²) < 4.78 is 6.35. The monoisotopic (exact) mass is 462 g/mol. The quantitative estimate of drug-likeness (QED) is 0.491. The molecule has 0 aromatic heterocycles. The molecule has 182 valence electrons. The van der Waals surface area contributed by atoms with Gasteiger partial charge in [0.05, 0.1) is 0 Å². The highest BCUT2D eigenvalue weighted by atomic mass is 28.4. The molecule has 0 bridgehead atoms. The molecule has 1 aromatic rings. The van der Waals surface area contributed by atoms with E-state index >= 15 is 0 Å². The van der Waals surface area contributed by atoms with Gasteiger partial charge >= 0.3 is 0 Å². The maximum atomic E-state index is 12.3. The van der Waals surface area contributed by atoms with E-state index in [0.717, 1.165) is 64.7 Å². The summed E-state index contributed by atoms with van der Waals surface area (Å²) in [5.41, 5.74) is 2.07. The summed E-state index contributed by atoms with van der Waals surface area (Å²) in [4.78, 5) is 19.5. The molecule has 1 amide bonds. The number of nitrogens with one attached hydrogen (secondary N) is 1. The van der Waals surface area contributed by atoms with Crippen molar-refractivity contribution in [2.24, 2.45) is 0 Å². The van der Waals surface area contributed by atoms with Crippen LogP contribution in [-0.2, 0) is 9.22 Å². The fraction of sp³-hybridized carbons (Fsp3) is 0.720. The third-order valence-corrected chi connectivity index (χ3v) is 11.6. The second kappa shape index (κ2) is 12.2. The van der Waals surface area contributed by atoms with Gasteiger partial charge in [-0.25, -0.2) is 0 Å². The average Bonchev–Trinajstić information content (AvgIpc) is 2.74. The maximum absolute atomic E-state index is 12.3. The summed E-state index contributed by atoms with van der Waals surface area (Å²) in [5, 5.41) is 3.33. The molecule has 0 radical (unpaired) electrons. The second-order valence-electron chi connectivity index (χ2n) is 10.3. The van der Waals surface area contributed by atoms with Gasteiger partial charge in [0, 0.05) is 63.7 Å². The van der Waals surface area contributed by atoms with E-state index in [9.17, 15) is 4.79 Å². The molecule has 0 atom stereocenters. The van der Waals surface area contributed by atoms with E-state index < -0.39 is 8.32 Å². The molecule has 1 heterocycles. The number of benzene rings is 1. The average molecular weight is 463 g/mol. The zero-order valence-electron chi connectivity index (χ0n) is 21.5. The highest BCUT2D eigenvalue weighted by Gasteiger charge is 2.37. The van der Waals surface area contributed by atoms with E-state index in [1.54, 1.807) is 0 Å². The van der Waals surface area contributed by atoms with Gasteiger partial charge in [0.15, 0.2) is 8.32 Å². The number of carbonyl (C=O) groups excluding carboxylic acids is 1. The van der Waals surface area contributed by atoms with E-state index in [2.05, 4.69) is 79.9 Å². The van der Waals surface area contributed by atoms with Crippen LogP contribution in [0, 0.1) is 0 Å². The van der Waals surface area contributed by atoms with Crippen molar-refractivity contribution in [1.82, 2.24) is 9.80 Å². The lowest BCUT2D eigenvalue weighted by atomic mass is 10.2. The maximum Gasteiger partial charge on any atom is 0.225 e. The highest BCUT2D eigenvalue weighted by molar-refractivity contribution is 6.74. The summed E-state index contributed by atoms with van der Waals surface area (Å²) in [6, 6.07) is 8.26. The molecular weight excluding hydrogens is 416 g/mol. The number of piperazine rings is 1. The van der Waals surface area contributed by atoms with Gasteiger partial charge in [-0.2, -0.15) is 0 Å². The molecule has 32 heavy (non-hydrogen) atoms. The Kier molecular flexibility index (Phi) is 10.2. The molecule has 1 aliphatic rings. The van der Waals surface area contributed by atoms with E-state index in [4.69, 9.17) is 4.43 Å². The third kappa shape index (κ3) is 8.18. The fourth-order valence-electron chi connectivity index (χ4n) is 3.68. The van der Waals surface area contributed by atoms with Crippen LogP contribution in [0.2, 0.25) is 18.1 Å². The number of nitrogens with zero attached hydrogens (tertiary/aromatic N) is 3. The Labute approximate surface area is 197 Å². The summed E-state index contributed by atoms with van der Waals surface area (Å²) in [6.45, 7) is 24.5. The Morgan fingerprint density at radius 2 is 1.78 bits per heavy atom. The second-order valence-corrected chi connectivity index (χ2v) is 15.1. The number of amides is 1.